The molecule has 0 N–H and O–H groups in total. The first-order chi connectivity index (χ1) is 9.34. The van der Waals surface area contributed by atoms with Crippen LogP contribution in [0.3, 0.4) is 0 Å². The van der Waals surface area contributed by atoms with Crippen LogP contribution < -0.4 is 0 Å². The zero-order valence-corrected chi connectivity index (χ0v) is 12.2. The fourth-order valence-corrected chi connectivity index (χ4v) is 3.02. The highest BCUT2D eigenvalue weighted by Crippen LogP contribution is 2.32. The van der Waals surface area contributed by atoms with Crippen molar-refractivity contribution < 1.29 is 0 Å². The summed E-state index contributed by atoms with van der Waals surface area (Å²) >= 11 is 3.71. The smallest absolute Gasteiger partial charge is 0.0259 e. The summed E-state index contributed by atoms with van der Waals surface area (Å²) in [6.45, 7) is 0. The van der Waals surface area contributed by atoms with Gasteiger partial charge in [-0.3, -0.25) is 0 Å². The molecule has 2 aromatic rings. The topological polar surface area (TPSA) is 0 Å². The van der Waals surface area contributed by atoms with Crippen LogP contribution in [0.4, 0.5) is 0 Å². The van der Waals surface area contributed by atoms with Crippen molar-refractivity contribution in [3.63, 3.8) is 0 Å². The zero-order chi connectivity index (χ0) is 13.1. The van der Waals surface area contributed by atoms with Gasteiger partial charge in [-0.05, 0) is 41.2 Å². The van der Waals surface area contributed by atoms with Crippen LogP contribution in [0.25, 0.3) is 16.7 Å². The van der Waals surface area contributed by atoms with Gasteiger partial charge in [0.2, 0.25) is 0 Å². The number of benzene rings is 2. The van der Waals surface area contributed by atoms with Crippen molar-refractivity contribution in [3.8, 4) is 11.1 Å². The second-order valence-electron chi connectivity index (χ2n) is 4.72. The summed E-state index contributed by atoms with van der Waals surface area (Å²) in [7, 11) is 0. The fourth-order valence-electron chi connectivity index (χ4n) is 2.41. The summed E-state index contributed by atoms with van der Waals surface area (Å²) in [5, 5.41) is 0. The Kier molecular flexibility index (Phi) is 3.65. The molecule has 0 unspecified atom stereocenters. The SMILES string of the molecule is Brc1cc(C2=CC=CCC2)ccc1-c1ccccc1. The van der Waals surface area contributed by atoms with Gasteiger partial charge in [-0.2, -0.15) is 0 Å². The Hall–Kier alpha value is -1.60. The summed E-state index contributed by atoms with van der Waals surface area (Å²) in [4.78, 5) is 0. The molecule has 0 radical (unpaired) electrons. The lowest BCUT2D eigenvalue weighted by Gasteiger charge is -2.12. The van der Waals surface area contributed by atoms with E-state index in [2.05, 4.69) is 76.6 Å². The molecule has 0 aromatic heterocycles. The van der Waals surface area contributed by atoms with Crippen molar-refractivity contribution in [2.24, 2.45) is 0 Å². The molecule has 0 saturated carbocycles. The molecule has 1 aliphatic rings. The molecule has 19 heavy (non-hydrogen) atoms. The van der Waals surface area contributed by atoms with E-state index in [4.69, 9.17) is 0 Å². The summed E-state index contributed by atoms with van der Waals surface area (Å²) in [6, 6.07) is 17.1. The van der Waals surface area contributed by atoms with Crippen molar-refractivity contribution in [3.05, 3.63) is 76.8 Å². The van der Waals surface area contributed by atoms with Gasteiger partial charge in [0.25, 0.3) is 0 Å². The molecule has 0 spiro atoms. The Morgan fingerprint density at radius 2 is 1.74 bits per heavy atom. The Morgan fingerprint density at radius 3 is 2.42 bits per heavy atom. The molecule has 0 aliphatic heterocycles. The molecule has 0 saturated heterocycles. The van der Waals surface area contributed by atoms with E-state index < -0.39 is 0 Å². The van der Waals surface area contributed by atoms with Crippen molar-refractivity contribution in [2.75, 3.05) is 0 Å². The first kappa shape index (κ1) is 12.4. The Morgan fingerprint density at radius 1 is 0.895 bits per heavy atom. The normalized spacial score (nSPS) is 14.3. The van der Waals surface area contributed by atoms with Crippen LogP contribution in [-0.4, -0.2) is 0 Å². The van der Waals surface area contributed by atoms with Gasteiger partial charge in [-0.1, -0.05) is 76.6 Å². The predicted octanol–water partition coefficient (Wildman–Crippen LogP) is 5.85. The van der Waals surface area contributed by atoms with E-state index in [1.807, 2.05) is 6.07 Å². The number of hydrogen-bond donors (Lipinski definition) is 0. The van der Waals surface area contributed by atoms with Gasteiger partial charge in [0.1, 0.15) is 0 Å². The minimum atomic E-state index is 1.13. The van der Waals surface area contributed by atoms with E-state index in [9.17, 15) is 0 Å². The lowest BCUT2D eigenvalue weighted by atomic mass is 9.95. The highest BCUT2D eigenvalue weighted by atomic mass is 79.9. The van der Waals surface area contributed by atoms with E-state index in [0.717, 1.165) is 17.3 Å². The summed E-state index contributed by atoms with van der Waals surface area (Å²) in [5.74, 6) is 0. The third-order valence-electron chi connectivity index (χ3n) is 3.44. The number of rotatable bonds is 2. The van der Waals surface area contributed by atoms with E-state index in [0.29, 0.717) is 0 Å². The van der Waals surface area contributed by atoms with Gasteiger partial charge in [-0.25, -0.2) is 0 Å². The molecular formula is C18H15Br. The first-order valence-electron chi connectivity index (χ1n) is 6.55. The van der Waals surface area contributed by atoms with Gasteiger partial charge in [-0.15, -0.1) is 0 Å². The van der Waals surface area contributed by atoms with Crippen LogP contribution in [-0.2, 0) is 0 Å². The van der Waals surface area contributed by atoms with Gasteiger partial charge < -0.3 is 0 Å². The Labute approximate surface area is 122 Å². The van der Waals surface area contributed by atoms with Crippen molar-refractivity contribution in [1.29, 1.82) is 0 Å². The molecule has 0 atom stereocenters. The maximum Gasteiger partial charge on any atom is 0.0259 e. The van der Waals surface area contributed by atoms with Crippen LogP contribution in [0, 0.1) is 0 Å². The van der Waals surface area contributed by atoms with Crippen LogP contribution in [0.1, 0.15) is 18.4 Å². The molecule has 94 valence electrons. The third kappa shape index (κ3) is 2.71. The lowest BCUT2D eigenvalue weighted by Crippen LogP contribution is -1.89. The average Bonchev–Trinajstić information content (AvgIpc) is 2.49. The fraction of sp³-hybridized carbons (Fsp3) is 0.111. The summed E-state index contributed by atoms with van der Waals surface area (Å²) in [6.07, 6.45) is 8.86. The predicted molar refractivity (Wildman–Crippen MR) is 85.9 cm³/mol. The molecule has 0 fully saturated rings. The largest absolute Gasteiger partial charge is 0.0842 e. The van der Waals surface area contributed by atoms with Crippen molar-refractivity contribution in [2.45, 2.75) is 12.8 Å². The lowest BCUT2D eigenvalue weighted by molar-refractivity contribution is 1.05. The van der Waals surface area contributed by atoms with Gasteiger partial charge in [0.15, 0.2) is 0 Å². The van der Waals surface area contributed by atoms with Crippen LogP contribution >= 0.6 is 15.9 Å². The molecule has 0 amide bonds. The first-order valence-corrected chi connectivity index (χ1v) is 7.35. The zero-order valence-electron chi connectivity index (χ0n) is 10.6. The molecule has 2 aromatic carbocycles. The number of halogens is 1. The molecule has 1 heteroatoms. The summed E-state index contributed by atoms with van der Waals surface area (Å²) < 4.78 is 1.16. The maximum atomic E-state index is 3.71. The quantitative estimate of drug-likeness (QED) is 0.652. The Balaban J connectivity index is 1.99. The molecule has 3 rings (SSSR count). The molecule has 0 bridgehead atoms. The molecule has 0 heterocycles. The highest BCUT2D eigenvalue weighted by molar-refractivity contribution is 9.10. The minimum Gasteiger partial charge on any atom is -0.0842 e. The maximum absolute atomic E-state index is 3.71. The van der Waals surface area contributed by atoms with E-state index in [1.165, 1.54) is 22.3 Å². The second-order valence-corrected chi connectivity index (χ2v) is 5.57. The Bertz CT molecular complexity index is 636. The van der Waals surface area contributed by atoms with E-state index >= 15 is 0 Å². The molecular weight excluding hydrogens is 296 g/mol. The number of allylic oxidation sites excluding steroid dienone is 4. The van der Waals surface area contributed by atoms with Crippen molar-refractivity contribution >= 4 is 21.5 Å². The van der Waals surface area contributed by atoms with Gasteiger partial charge in [0.05, 0.1) is 0 Å². The van der Waals surface area contributed by atoms with Crippen LogP contribution in [0.15, 0.2) is 71.2 Å². The average molecular weight is 311 g/mol. The number of hydrogen-bond acceptors (Lipinski definition) is 0. The minimum absolute atomic E-state index is 1.13. The van der Waals surface area contributed by atoms with Gasteiger partial charge in [0, 0.05) is 4.47 Å². The molecule has 0 nitrogen and oxygen atoms in total. The van der Waals surface area contributed by atoms with E-state index in [1.54, 1.807) is 0 Å². The monoisotopic (exact) mass is 310 g/mol. The van der Waals surface area contributed by atoms with Crippen LogP contribution in [0.5, 0.6) is 0 Å². The van der Waals surface area contributed by atoms with Gasteiger partial charge >= 0.3 is 0 Å². The standard InChI is InChI=1S/C18H15Br/c19-18-13-16(14-7-3-1-4-8-14)11-12-17(18)15-9-5-2-6-10-15/h1-3,5-7,9-13H,4,8H2. The molecule has 1 aliphatic carbocycles. The van der Waals surface area contributed by atoms with Crippen LogP contribution in [0.2, 0.25) is 0 Å². The van der Waals surface area contributed by atoms with E-state index in [-0.39, 0.29) is 0 Å². The highest BCUT2D eigenvalue weighted by Gasteiger charge is 2.07. The summed E-state index contributed by atoms with van der Waals surface area (Å²) in [5.41, 5.74) is 5.23. The third-order valence-corrected chi connectivity index (χ3v) is 4.09. The van der Waals surface area contributed by atoms with Crippen molar-refractivity contribution in [1.82, 2.24) is 0 Å². The second kappa shape index (κ2) is 5.58.